The lowest BCUT2D eigenvalue weighted by atomic mass is 9.71. The van der Waals surface area contributed by atoms with E-state index in [0.29, 0.717) is 16.5 Å². The molecule has 0 fully saturated rings. The summed E-state index contributed by atoms with van der Waals surface area (Å²) in [6, 6.07) is 13.6. The maximum atomic E-state index is 13.5. The Kier molecular flexibility index (Phi) is 5.32. The number of hydrogen-bond acceptors (Lipinski definition) is 3. The molecule has 0 amide bonds. The van der Waals surface area contributed by atoms with Crippen LogP contribution >= 0.6 is 0 Å². The summed E-state index contributed by atoms with van der Waals surface area (Å²) in [7, 11) is -3.76. The zero-order valence-corrected chi connectivity index (χ0v) is 21.7. The Labute approximate surface area is 202 Å². The molecule has 0 radical (unpaired) electrons. The summed E-state index contributed by atoms with van der Waals surface area (Å²) in [6.45, 7) is 12.7. The first kappa shape index (κ1) is 23.0. The molecule has 1 heterocycles. The van der Waals surface area contributed by atoms with E-state index in [1.54, 1.807) is 6.07 Å². The molecular weight excluding hydrogens is 442 g/mol. The Morgan fingerprint density at radius 1 is 0.912 bits per heavy atom. The van der Waals surface area contributed by atoms with E-state index in [0.717, 1.165) is 63.5 Å². The molecule has 178 valence electrons. The molecule has 4 nitrogen and oxygen atoms in total. The van der Waals surface area contributed by atoms with Gasteiger partial charge in [-0.15, -0.1) is 0 Å². The van der Waals surface area contributed by atoms with E-state index < -0.39 is 10.0 Å². The summed E-state index contributed by atoms with van der Waals surface area (Å²) >= 11 is 0. The Morgan fingerprint density at radius 2 is 1.59 bits per heavy atom. The SMILES string of the molecule is Cc1cc(C)c(S(=O)(=O)Nc2cc3c4c(oc3c3ccccc23)CC[C@@H](C(C)(C)C)C4)cc1C. The predicted molar refractivity (Wildman–Crippen MR) is 140 cm³/mol. The van der Waals surface area contributed by atoms with Crippen molar-refractivity contribution in [1.29, 1.82) is 0 Å². The number of sulfonamides is 1. The minimum Gasteiger partial charge on any atom is -0.460 e. The van der Waals surface area contributed by atoms with Gasteiger partial charge in [0.2, 0.25) is 0 Å². The van der Waals surface area contributed by atoms with Gasteiger partial charge >= 0.3 is 0 Å². The lowest BCUT2D eigenvalue weighted by Gasteiger charge is -2.33. The van der Waals surface area contributed by atoms with Crippen LogP contribution in [0, 0.1) is 32.1 Å². The molecule has 0 saturated heterocycles. The van der Waals surface area contributed by atoms with Crippen molar-refractivity contribution in [3.63, 3.8) is 0 Å². The number of rotatable bonds is 3. The third kappa shape index (κ3) is 3.80. The van der Waals surface area contributed by atoms with Crippen molar-refractivity contribution in [3.8, 4) is 0 Å². The first-order valence-electron chi connectivity index (χ1n) is 12.0. The first-order valence-corrected chi connectivity index (χ1v) is 13.5. The molecule has 0 spiro atoms. The highest BCUT2D eigenvalue weighted by molar-refractivity contribution is 7.92. The molecule has 1 N–H and O–H groups in total. The molecule has 4 aromatic rings. The molecule has 1 aliphatic rings. The number of benzene rings is 3. The Morgan fingerprint density at radius 3 is 2.29 bits per heavy atom. The second-order valence-electron chi connectivity index (χ2n) is 11.0. The number of hydrogen-bond donors (Lipinski definition) is 1. The average Bonchev–Trinajstić information content (AvgIpc) is 3.13. The van der Waals surface area contributed by atoms with Gasteiger partial charge in [-0.1, -0.05) is 51.1 Å². The summed E-state index contributed by atoms with van der Waals surface area (Å²) in [5.74, 6) is 1.61. The van der Waals surface area contributed by atoms with Crippen molar-refractivity contribution >= 4 is 37.5 Å². The molecule has 3 aromatic carbocycles. The van der Waals surface area contributed by atoms with Gasteiger partial charge in [-0.25, -0.2) is 8.42 Å². The fourth-order valence-electron chi connectivity index (χ4n) is 5.34. The van der Waals surface area contributed by atoms with E-state index in [1.807, 2.05) is 57.2 Å². The van der Waals surface area contributed by atoms with E-state index >= 15 is 0 Å². The Hall–Kier alpha value is -2.79. The van der Waals surface area contributed by atoms with Crippen molar-refractivity contribution in [2.24, 2.45) is 11.3 Å². The minimum atomic E-state index is -3.76. The van der Waals surface area contributed by atoms with Crippen molar-refractivity contribution in [1.82, 2.24) is 0 Å². The van der Waals surface area contributed by atoms with Gasteiger partial charge in [0, 0.05) is 28.1 Å². The molecule has 1 aromatic heterocycles. The van der Waals surface area contributed by atoms with Crippen molar-refractivity contribution in [3.05, 3.63) is 70.5 Å². The zero-order chi connectivity index (χ0) is 24.4. The van der Waals surface area contributed by atoms with Gasteiger partial charge in [0.15, 0.2) is 0 Å². The Balaban J connectivity index is 1.68. The highest BCUT2D eigenvalue weighted by Gasteiger charge is 2.32. The summed E-state index contributed by atoms with van der Waals surface area (Å²) in [5, 5.41) is 2.81. The van der Waals surface area contributed by atoms with Crippen LogP contribution in [0.5, 0.6) is 0 Å². The monoisotopic (exact) mass is 475 g/mol. The lowest BCUT2D eigenvalue weighted by Crippen LogP contribution is -2.26. The van der Waals surface area contributed by atoms with Gasteiger partial charge in [0.1, 0.15) is 11.3 Å². The van der Waals surface area contributed by atoms with Gasteiger partial charge in [-0.05, 0) is 73.8 Å². The number of anilines is 1. The Bertz CT molecular complexity index is 1540. The van der Waals surface area contributed by atoms with Gasteiger partial charge in [0.05, 0.1) is 10.6 Å². The van der Waals surface area contributed by atoms with E-state index in [2.05, 4.69) is 25.5 Å². The third-order valence-corrected chi connectivity index (χ3v) is 9.11. The quantitative estimate of drug-likeness (QED) is 0.334. The summed E-state index contributed by atoms with van der Waals surface area (Å²) in [4.78, 5) is 0.321. The van der Waals surface area contributed by atoms with Crippen LogP contribution in [0.25, 0.3) is 21.7 Å². The van der Waals surface area contributed by atoms with Crippen molar-refractivity contribution in [2.75, 3.05) is 4.72 Å². The van der Waals surface area contributed by atoms with Crippen LogP contribution < -0.4 is 4.72 Å². The number of nitrogens with one attached hydrogen (secondary N) is 1. The number of aryl methyl sites for hydroxylation is 4. The molecule has 0 saturated carbocycles. The number of fused-ring (bicyclic) bond motifs is 5. The summed E-state index contributed by atoms with van der Waals surface area (Å²) < 4.78 is 36.4. The van der Waals surface area contributed by atoms with E-state index in [1.165, 1.54) is 5.56 Å². The number of furan rings is 1. The van der Waals surface area contributed by atoms with E-state index in [9.17, 15) is 8.42 Å². The predicted octanol–water partition coefficient (Wildman–Crippen LogP) is 7.46. The van der Waals surface area contributed by atoms with Gasteiger partial charge in [0.25, 0.3) is 10.0 Å². The van der Waals surface area contributed by atoms with Crippen LogP contribution in [0.15, 0.2) is 51.8 Å². The van der Waals surface area contributed by atoms with Crippen LogP contribution in [-0.2, 0) is 22.9 Å². The lowest BCUT2D eigenvalue weighted by molar-refractivity contribution is 0.210. The van der Waals surface area contributed by atoms with E-state index in [-0.39, 0.29) is 5.41 Å². The largest absolute Gasteiger partial charge is 0.460 e. The fraction of sp³-hybridized carbons (Fsp3) is 0.379. The average molecular weight is 476 g/mol. The molecule has 1 aliphatic carbocycles. The normalized spacial score (nSPS) is 16.7. The maximum Gasteiger partial charge on any atom is 0.262 e. The smallest absolute Gasteiger partial charge is 0.262 e. The van der Waals surface area contributed by atoms with Crippen LogP contribution in [0.2, 0.25) is 0 Å². The fourth-order valence-corrected chi connectivity index (χ4v) is 6.73. The standard InChI is InChI=1S/C29H33NO3S/c1-17-13-19(3)27(14-18(17)2)34(31,32)30-25-16-24-23-15-20(29(4,5)6)11-12-26(23)33-28(24)22-10-8-7-9-21(22)25/h7-10,13-14,16,20,30H,11-12,15H2,1-6H3/t20-/m1/s1. The van der Waals surface area contributed by atoms with Crippen molar-refractivity contribution < 1.29 is 12.8 Å². The second-order valence-corrected chi connectivity index (χ2v) is 12.6. The van der Waals surface area contributed by atoms with E-state index in [4.69, 9.17) is 4.42 Å². The molecule has 5 heteroatoms. The van der Waals surface area contributed by atoms with Crippen LogP contribution in [0.1, 0.15) is 55.2 Å². The first-order chi connectivity index (χ1) is 16.0. The molecule has 1 atom stereocenters. The highest BCUT2D eigenvalue weighted by atomic mass is 32.2. The van der Waals surface area contributed by atoms with Gasteiger partial charge in [-0.2, -0.15) is 0 Å². The molecular formula is C29H33NO3S. The topological polar surface area (TPSA) is 59.3 Å². The zero-order valence-electron chi connectivity index (χ0n) is 20.9. The maximum absolute atomic E-state index is 13.5. The van der Waals surface area contributed by atoms with Gasteiger partial charge < -0.3 is 4.42 Å². The van der Waals surface area contributed by atoms with Crippen LogP contribution in [0.3, 0.4) is 0 Å². The second kappa shape index (κ2) is 7.88. The van der Waals surface area contributed by atoms with Crippen molar-refractivity contribution in [2.45, 2.75) is 65.7 Å². The molecule has 34 heavy (non-hydrogen) atoms. The van der Waals surface area contributed by atoms with Crippen LogP contribution in [-0.4, -0.2) is 8.42 Å². The third-order valence-electron chi connectivity index (χ3n) is 7.60. The molecule has 0 aliphatic heterocycles. The molecule has 0 unspecified atom stereocenters. The summed E-state index contributed by atoms with van der Waals surface area (Å²) in [6.07, 6.45) is 2.98. The minimum absolute atomic E-state index is 0.212. The van der Waals surface area contributed by atoms with Gasteiger partial charge in [-0.3, -0.25) is 4.72 Å². The molecule has 0 bridgehead atoms. The van der Waals surface area contributed by atoms with Crippen LogP contribution in [0.4, 0.5) is 5.69 Å². The molecule has 5 rings (SSSR count). The highest BCUT2D eigenvalue weighted by Crippen LogP contribution is 2.44. The summed E-state index contributed by atoms with van der Waals surface area (Å²) in [5.41, 5.74) is 5.70.